The number of fused-ring (bicyclic) bond motifs is 1. The number of amides is 1. The number of carbonyl (C=O) groups is 1. The maximum atomic E-state index is 14.1. The zero-order valence-corrected chi connectivity index (χ0v) is 12.2. The molecule has 1 aliphatic rings. The number of carbonyl (C=O) groups excluding carboxylic acids is 1. The van der Waals surface area contributed by atoms with Gasteiger partial charge in [-0.2, -0.15) is 0 Å². The lowest BCUT2D eigenvalue weighted by Crippen LogP contribution is -2.13. The van der Waals surface area contributed by atoms with E-state index in [-0.39, 0.29) is 23.0 Å². The average Bonchev–Trinajstić information content (AvgIpc) is 2.63. The molecule has 6 heteroatoms. The summed E-state index contributed by atoms with van der Waals surface area (Å²) in [6, 6.07) is 9.40. The van der Waals surface area contributed by atoms with Gasteiger partial charge in [-0.05, 0) is 24.3 Å². The largest absolute Gasteiger partial charge is 0.324 e. The first-order valence-electron chi connectivity index (χ1n) is 6.15. The first-order valence-corrected chi connectivity index (χ1v) is 6.91. The minimum Gasteiger partial charge on any atom is -0.324 e. The fraction of sp³-hybridized carbons (Fsp3) is 0.0667. The van der Waals surface area contributed by atoms with Crippen molar-refractivity contribution < 1.29 is 9.18 Å². The topological polar surface area (TPSA) is 41.5 Å². The number of hydrogen-bond donors (Lipinski definition) is 1. The molecule has 0 aromatic heterocycles. The first-order chi connectivity index (χ1) is 10.1. The number of aliphatic imine (C=N–C) groups is 1. The molecule has 2 aromatic carbocycles. The van der Waals surface area contributed by atoms with Crippen LogP contribution in [0.4, 0.5) is 10.1 Å². The molecule has 0 spiro atoms. The average molecular weight is 323 g/mol. The van der Waals surface area contributed by atoms with Crippen molar-refractivity contribution in [3.8, 4) is 0 Å². The highest BCUT2D eigenvalue weighted by atomic mass is 35.5. The molecule has 0 unspecified atom stereocenters. The highest BCUT2D eigenvalue weighted by Gasteiger charge is 2.23. The maximum absolute atomic E-state index is 14.1. The van der Waals surface area contributed by atoms with Gasteiger partial charge in [0.05, 0.1) is 21.4 Å². The van der Waals surface area contributed by atoms with E-state index in [1.165, 1.54) is 6.07 Å². The van der Waals surface area contributed by atoms with Crippen LogP contribution in [0.15, 0.2) is 41.4 Å². The predicted molar refractivity (Wildman–Crippen MR) is 82.0 cm³/mol. The van der Waals surface area contributed by atoms with Crippen LogP contribution in [-0.4, -0.2) is 18.2 Å². The van der Waals surface area contributed by atoms with Crippen molar-refractivity contribution in [2.24, 2.45) is 4.99 Å². The Kier molecular flexibility index (Phi) is 3.66. The highest BCUT2D eigenvalue weighted by molar-refractivity contribution is 6.45. The molecule has 0 aliphatic carbocycles. The summed E-state index contributed by atoms with van der Waals surface area (Å²) in [7, 11) is 0. The number of nitrogens with one attached hydrogen (secondary N) is 1. The summed E-state index contributed by atoms with van der Waals surface area (Å²) in [6.07, 6.45) is 0. The Morgan fingerprint density at radius 2 is 1.90 bits per heavy atom. The predicted octanol–water partition coefficient (Wildman–Crippen LogP) is 3.92. The molecular weight excluding hydrogens is 314 g/mol. The fourth-order valence-corrected chi connectivity index (χ4v) is 2.59. The van der Waals surface area contributed by atoms with E-state index in [1.807, 2.05) is 0 Å². The van der Waals surface area contributed by atoms with E-state index >= 15 is 0 Å². The van der Waals surface area contributed by atoms with Crippen LogP contribution < -0.4 is 5.32 Å². The molecule has 1 heterocycles. The lowest BCUT2D eigenvalue weighted by atomic mass is 10.00. The molecule has 106 valence electrons. The fourth-order valence-electron chi connectivity index (χ4n) is 2.18. The molecule has 0 radical (unpaired) electrons. The van der Waals surface area contributed by atoms with Gasteiger partial charge < -0.3 is 5.32 Å². The van der Waals surface area contributed by atoms with Gasteiger partial charge in [0.1, 0.15) is 12.4 Å². The Balaban J connectivity index is 2.30. The van der Waals surface area contributed by atoms with E-state index in [1.54, 1.807) is 30.3 Å². The zero-order chi connectivity index (χ0) is 15.0. The van der Waals surface area contributed by atoms with E-state index in [9.17, 15) is 9.18 Å². The van der Waals surface area contributed by atoms with Crippen molar-refractivity contribution >= 4 is 40.5 Å². The lowest BCUT2D eigenvalue weighted by Gasteiger charge is -2.13. The number of hydrogen-bond acceptors (Lipinski definition) is 2. The lowest BCUT2D eigenvalue weighted by molar-refractivity contribution is -0.114. The van der Waals surface area contributed by atoms with Gasteiger partial charge in [-0.3, -0.25) is 9.79 Å². The molecule has 3 nitrogen and oxygen atoms in total. The number of rotatable bonds is 1. The third-order valence-electron chi connectivity index (χ3n) is 3.12. The third-order valence-corrected chi connectivity index (χ3v) is 3.92. The van der Waals surface area contributed by atoms with Crippen LogP contribution in [-0.2, 0) is 4.79 Å². The van der Waals surface area contributed by atoms with Gasteiger partial charge in [0.15, 0.2) is 0 Å². The number of anilines is 1. The van der Waals surface area contributed by atoms with Crippen LogP contribution in [0.1, 0.15) is 11.1 Å². The van der Waals surface area contributed by atoms with Crippen LogP contribution in [0.5, 0.6) is 0 Å². The molecule has 0 atom stereocenters. The number of halogens is 3. The van der Waals surface area contributed by atoms with Gasteiger partial charge in [-0.15, -0.1) is 0 Å². The van der Waals surface area contributed by atoms with Gasteiger partial charge in [0.2, 0.25) is 5.91 Å². The van der Waals surface area contributed by atoms with Gasteiger partial charge >= 0.3 is 0 Å². The molecule has 0 saturated carbocycles. The van der Waals surface area contributed by atoms with Gasteiger partial charge in [0.25, 0.3) is 0 Å². The van der Waals surface area contributed by atoms with Gasteiger partial charge in [-0.1, -0.05) is 35.3 Å². The van der Waals surface area contributed by atoms with Crippen LogP contribution >= 0.6 is 23.2 Å². The standard InChI is InChI=1S/C15H9Cl2FN2O/c16-9-5-6-11-13(14(9)17)15(19-7-12(21)20-11)8-3-1-2-4-10(8)18/h1-6H,7H2,(H,20,21). The first kappa shape index (κ1) is 14.0. The Morgan fingerprint density at radius 3 is 2.67 bits per heavy atom. The summed E-state index contributed by atoms with van der Waals surface area (Å²) in [5.41, 5.74) is 1.49. The molecule has 0 bridgehead atoms. The normalized spacial score (nSPS) is 14.0. The SMILES string of the molecule is O=C1CN=C(c2ccccc2F)c2c(ccc(Cl)c2Cl)N1. The molecule has 2 aromatic rings. The van der Waals surface area contributed by atoms with Crippen LogP contribution in [0.2, 0.25) is 10.0 Å². The van der Waals surface area contributed by atoms with E-state index < -0.39 is 5.82 Å². The smallest absolute Gasteiger partial charge is 0.246 e. The van der Waals surface area contributed by atoms with Crippen molar-refractivity contribution in [1.29, 1.82) is 0 Å². The van der Waals surface area contributed by atoms with Crippen molar-refractivity contribution in [2.75, 3.05) is 11.9 Å². The van der Waals surface area contributed by atoms with Crippen LogP contribution in [0, 0.1) is 5.82 Å². The third kappa shape index (κ3) is 2.52. The Morgan fingerprint density at radius 1 is 1.14 bits per heavy atom. The molecule has 0 saturated heterocycles. The summed E-state index contributed by atoms with van der Waals surface area (Å²) in [4.78, 5) is 15.9. The second kappa shape index (κ2) is 5.47. The van der Waals surface area contributed by atoms with Gasteiger partial charge in [0, 0.05) is 11.1 Å². The molecule has 3 rings (SSSR count). The highest BCUT2D eigenvalue weighted by Crippen LogP contribution is 2.35. The zero-order valence-electron chi connectivity index (χ0n) is 10.7. The Bertz CT molecular complexity index is 774. The molecule has 0 fully saturated rings. The number of benzene rings is 2. The van der Waals surface area contributed by atoms with Crippen LogP contribution in [0.25, 0.3) is 0 Å². The number of benzodiazepines with no additional fused rings is 1. The molecule has 21 heavy (non-hydrogen) atoms. The molecular formula is C15H9Cl2FN2O. The van der Waals surface area contributed by atoms with E-state index in [0.717, 1.165) is 0 Å². The summed E-state index contributed by atoms with van der Waals surface area (Å²) in [5, 5.41) is 3.24. The molecule has 1 aliphatic heterocycles. The second-order valence-corrected chi connectivity index (χ2v) is 5.26. The summed E-state index contributed by atoms with van der Waals surface area (Å²) >= 11 is 12.3. The van der Waals surface area contributed by atoms with Crippen LogP contribution in [0.3, 0.4) is 0 Å². The summed E-state index contributed by atoms with van der Waals surface area (Å²) < 4.78 is 14.1. The number of nitrogens with zero attached hydrogens (tertiary/aromatic N) is 1. The molecule has 1 N–H and O–H groups in total. The maximum Gasteiger partial charge on any atom is 0.246 e. The quantitative estimate of drug-likeness (QED) is 0.849. The minimum absolute atomic E-state index is 0.105. The Labute approximate surface area is 130 Å². The van der Waals surface area contributed by atoms with E-state index in [0.29, 0.717) is 22.0 Å². The Hall–Kier alpha value is -1.91. The van der Waals surface area contributed by atoms with Crippen molar-refractivity contribution in [2.45, 2.75) is 0 Å². The molecule has 1 amide bonds. The minimum atomic E-state index is -0.437. The van der Waals surface area contributed by atoms with Crippen molar-refractivity contribution in [3.63, 3.8) is 0 Å². The monoisotopic (exact) mass is 322 g/mol. The van der Waals surface area contributed by atoms with E-state index in [4.69, 9.17) is 23.2 Å². The van der Waals surface area contributed by atoms with Crippen molar-refractivity contribution in [3.05, 3.63) is 63.4 Å². The summed E-state index contributed by atoms with van der Waals surface area (Å²) in [6.45, 7) is -0.105. The van der Waals surface area contributed by atoms with Gasteiger partial charge in [-0.25, -0.2) is 4.39 Å². The van der Waals surface area contributed by atoms with Crippen molar-refractivity contribution in [1.82, 2.24) is 0 Å². The summed E-state index contributed by atoms with van der Waals surface area (Å²) in [5.74, 6) is -0.728. The van der Waals surface area contributed by atoms with E-state index in [2.05, 4.69) is 10.3 Å². The second-order valence-electron chi connectivity index (χ2n) is 4.48.